The highest BCUT2D eigenvalue weighted by Gasteiger charge is 2.25. The molecule has 0 aliphatic carbocycles. The topological polar surface area (TPSA) is 59.0 Å². The quantitative estimate of drug-likeness (QED) is 0.675. The van der Waals surface area contributed by atoms with Gasteiger partial charge < -0.3 is 19.7 Å². The first-order valence-electron chi connectivity index (χ1n) is 8.83. The van der Waals surface area contributed by atoms with Gasteiger partial charge in [0, 0.05) is 32.4 Å². The lowest BCUT2D eigenvalue weighted by Crippen LogP contribution is -2.48. The Morgan fingerprint density at radius 3 is 3.00 bits per heavy atom. The van der Waals surface area contributed by atoms with Crippen LogP contribution in [-0.4, -0.2) is 49.7 Å². The molecule has 1 aromatic heterocycles. The van der Waals surface area contributed by atoms with Crippen LogP contribution in [0.3, 0.4) is 0 Å². The molecule has 0 saturated carbocycles. The molecule has 0 spiro atoms. The maximum absolute atomic E-state index is 6.01. The minimum absolute atomic E-state index is 0.0597. The third-order valence-electron chi connectivity index (χ3n) is 4.57. The van der Waals surface area contributed by atoms with Crippen molar-refractivity contribution in [1.82, 2.24) is 15.2 Å². The van der Waals surface area contributed by atoms with Crippen molar-refractivity contribution in [3.63, 3.8) is 0 Å². The molecule has 1 saturated heterocycles. The second kappa shape index (κ2) is 8.67. The van der Waals surface area contributed by atoms with Crippen LogP contribution in [0.25, 0.3) is 0 Å². The first-order chi connectivity index (χ1) is 12.7. The molecule has 1 fully saturated rings. The van der Waals surface area contributed by atoms with Crippen LogP contribution in [0.4, 0.5) is 0 Å². The van der Waals surface area contributed by atoms with Crippen LogP contribution in [0.15, 0.2) is 47.6 Å². The number of guanidine groups is 1. The van der Waals surface area contributed by atoms with Gasteiger partial charge in [0.2, 0.25) is 5.88 Å². The summed E-state index contributed by atoms with van der Waals surface area (Å²) in [4.78, 5) is 10.8. The van der Waals surface area contributed by atoms with Crippen LogP contribution in [0.5, 0.6) is 5.88 Å². The van der Waals surface area contributed by atoms with E-state index in [9.17, 15) is 0 Å². The van der Waals surface area contributed by atoms with Crippen LogP contribution < -0.4 is 10.1 Å². The fourth-order valence-electron chi connectivity index (χ4n) is 3.16. The number of benzene rings is 1. The molecule has 6 nitrogen and oxygen atoms in total. The van der Waals surface area contributed by atoms with Crippen molar-refractivity contribution in [3.8, 4) is 5.88 Å². The van der Waals surface area contributed by atoms with E-state index < -0.39 is 0 Å². The predicted octanol–water partition coefficient (Wildman–Crippen LogP) is 2.55. The van der Waals surface area contributed by atoms with Crippen molar-refractivity contribution in [2.24, 2.45) is 4.99 Å². The second-order valence-corrected chi connectivity index (χ2v) is 6.27. The fraction of sp³-hybridized carbons (Fsp3) is 0.400. The van der Waals surface area contributed by atoms with E-state index in [-0.39, 0.29) is 6.10 Å². The molecule has 1 aromatic carbocycles. The van der Waals surface area contributed by atoms with Crippen LogP contribution >= 0.6 is 0 Å². The number of hydrogen-bond donors (Lipinski definition) is 1. The van der Waals surface area contributed by atoms with E-state index >= 15 is 0 Å². The Hall–Kier alpha value is -2.60. The van der Waals surface area contributed by atoms with Crippen LogP contribution in [0.1, 0.15) is 22.8 Å². The van der Waals surface area contributed by atoms with E-state index in [1.807, 2.05) is 19.2 Å². The van der Waals surface area contributed by atoms with Gasteiger partial charge in [-0.3, -0.25) is 4.99 Å². The summed E-state index contributed by atoms with van der Waals surface area (Å²) in [5.41, 5.74) is 3.60. The molecule has 0 bridgehead atoms. The number of nitrogens with one attached hydrogen (secondary N) is 1. The molecular weight excluding hydrogens is 328 g/mol. The molecule has 1 unspecified atom stereocenters. The molecule has 1 aliphatic rings. The van der Waals surface area contributed by atoms with Gasteiger partial charge >= 0.3 is 0 Å². The van der Waals surface area contributed by atoms with Gasteiger partial charge in [0.05, 0.1) is 20.3 Å². The number of aromatic nitrogens is 1. The van der Waals surface area contributed by atoms with Crippen molar-refractivity contribution in [2.75, 3.05) is 33.9 Å². The van der Waals surface area contributed by atoms with Gasteiger partial charge in [-0.1, -0.05) is 24.3 Å². The molecule has 2 aromatic rings. The number of hydrogen-bond acceptors (Lipinski definition) is 4. The highest BCUT2D eigenvalue weighted by atomic mass is 16.5. The Labute approximate surface area is 154 Å². The van der Waals surface area contributed by atoms with Gasteiger partial charge in [0.1, 0.15) is 6.10 Å². The SMILES string of the molecule is CN=C(NCc1ccnc(OC)c1)N1CCOC(c2ccccc2C)C1. The summed E-state index contributed by atoms with van der Waals surface area (Å²) >= 11 is 0. The summed E-state index contributed by atoms with van der Waals surface area (Å²) in [6.07, 6.45) is 1.81. The second-order valence-electron chi connectivity index (χ2n) is 6.27. The Morgan fingerprint density at radius 1 is 1.38 bits per heavy atom. The summed E-state index contributed by atoms with van der Waals surface area (Å²) in [6, 6.07) is 12.3. The van der Waals surface area contributed by atoms with Gasteiger partial charge in [-0.15, -0.1) is 0 Å². The molecule has 26 heavy (non-hydrogen) atoms. The highest BCUT2D eigenvalue weighted by Crippen LogP contribution is 2.25. The monoisotopic (exact) mass is 354 g/mol. The number of pyridine rings is 1. The zero-order valence-electron chi connectivity index (χ0n) is 15.6. The van der Waals surface area contributed by atoms with Crippen LogP contribution in [-0.2, 0) is 11.3 Å². The number of ether oxygens (including phenoxy) is 2. The fourth-order valence-corrected chi connectivity index (χ4v) is 3.16. The summed E-state index contributed by atoms with van der Waals surface area (Å²) in [6.45, 7) is 5.08. The molecular formula is C20H26N4O2. The van der Waals surface area contributed by atoms with E-state index in [0.717, 1.165) is 24.6 Å². The Kier molecular flexibility index (Phi) is 6.07. The third-order valence-corrected chi connectivity index (χ3v) is 4.57. The average Bonchev–Trinajstić information content (AvgIpc) is 2.69. The summed E-state index contributed by atoms with van der Waals surface area (Å²) in [7, 11) is 3.44. The van der Waals surface area contributed by atoms with Crippen molar-refractivity contribution in [2.45, 2.75) is 19.6 Å². The number of nitrogens with zero attached hydrogens (tertiary/aromatic N) is 3. The van der Waals surface area contributed by atoms with Crippen molar-refractivity contribution in [3.05, 3.63) is 59.3 Å². The third kappa shape index (κ3) is 4.32. The van der Waals surface area contributed by atoms with Crippen molar-refractivity contribution >= 4 is 5.96 Å². The van der Waals surface area contributed by atoms with E-state index in [1.165, 1.54) is 11.1 Å². The molecule has 1 aliphatic heterocycles. The van der Waals surface area contributed by atoms with Crippen molar-refractivity contribution < 1.29 is 9.47 Å². The Bertz CT molecular complexity index is 763. The Morgan fingerprint density at radius 2 is 2.23 bits per heavy atom. The van der Waals surface area contributed by atoms with Gasteiger partial charge in [-0.05, 0) is 29.7 Å². The minimum Gasteiger partial charge on any atom is -0.481 e. The number of morpholine rings is 1. The van der Waals surface area contributed by atoms with E-state index in [2.05, 4.69) is 51.4 Å². The van der Waals surface area contributed by atoms with Crippen LogP contribution in [0.2, 0.25) is 0 Å². The molecule has 0 amide bonds. The first kappa shape index (κ1) is 18.2. The normalized spacial score (nSPS) is 17.9. The van der Waals surface area contributed by atoms with Gasteiger partial charge in [0.15, 0.2) is 5.96 Å². The van der Waals surface area contributed by atoms with E-state index in [4.69, 9.17) is 9.47 Å². The molecule has 3 rings (SSSR count). The summed E-state index contributed by atoms with van der Waals surface area (Å²) in [5.74, 6) is 1.49. The first-order valence-corrected chi connectivity index (χ1v) is 8.83. The van der Waals surface area contributed by atoms with Gasteiger partial charge in [-0.25, -0.2) is 4.98 Å². The number of aliphatic imine (C=N–C) groups is 1. The lowest BCUT2D eigenvalue weighted by atomic mass is 10.0. The summed E-state index contributed by atoms with van der Waals surface area (Å²) in [5, 5.41) is 3.43. The molecule has 138 valence electrons. The van der Waals surface area contributed by atoms with Gasteiger partial charge in [0.25, 0.3) is 0 Å². The smallest absolute Gasteiger partial charge is 0.213 e. The maximum atomic E-state index is 6.01. The number of rotatable bonds is 4. The molecule has 6 heteroatoms. The Balaban J connectivity index is 1.65. The molecule has 1 atom stereocenters. The standard InChI is InChI=1S/C20H26N4O2/c1-15-6-4-5-7-17(15)18-14-24(10-11-26-18)20(21-2)23-13-16-8-9-22-19(12-16)25-3/h4-9,12,18H,10-11,13-14H2,1-3H3,(H,21,23). The lowest BCUT2D eigenvalue weighted by molar-refractivity contribution is -0.00833. The predicted molar refractivity (Wildman–Crippen MR) is 102 cm³/mol. The lowest BCUT2D eigenvalue weighted by Gasteiger charge is -2.35. The maximum Gasteiger partial charge on any atom is 0.213 e. The van der Waals surface area contributed by atoms with Crippen LogP contribution in [0, 0.1) is 6.92 Å². The zero-order chi connectivity index (χ0) is 18.4. The largest absolute Gasteiger partial charge is 0.481 e. The minimum atomic E-state index is 0.0597. The van der Waals surface area contributed by atoms with Crippen molar-refractivity contribution in [1.29, 1.82) is 0 Å². The summed E-state index contributed by atoms with van der Waals surface area (Å²) < 4.78 is 11.2. The van der Waals surface area contributed by atoms with E-state index in [1.54, 1.807) is 13.3 Å². The highest BCUT2D eigenvalue weighted by molar-refractivity contribution is 5.80. The molecule has 1 N–H and O–H groups in total. The average molecular weight is 354 g/mol. The van der Waals surface area contributed by atoms with E-state index in [0.29, 0.717) is 19.0 Å². The molecule has 2 heterocycles. The van der Waals surface area contributed by atoms with Gasteiger partial charge in [-0.2, -0.15) is 0 Å². The molecule has 0 radical (unpaired) electrons. The number of methoxy groups -OCH3 is 1. The zero-order valence-corrected chi connectivity index (χ0v) is 15.6. The number of aryl methyl sites for hydroxylation is 1.